The number of hydrogen-bond donors (Lipinski definition) is 1. The van der Waals surface area contributed by atoms with E-state index in [-0.39, 0.29) is 0 Å². The number of aliphatic carboxylic acids is 1. The first kappa shape index (κ1) is 8.62. The van der Waals surface area contributed by atoms with Crippen molar-refractivity contribution in [2.45, 2.75) is 26.2 Å². The lowest BCUT2D eigenvalue weighted by Gasteiger charge is -2.06. The number of aryl methyl sites for hydroxylation is 1. The van der Waals surface area contributed by atoms with E-state index in [1.54, 1.807) is 0 Å². The summed E-state index contributed by atoms with van der Waals surface area (Å²) in [6.07, 6.45) is 2.19. The summed E-state index contributed by atoms with van der Waals surface area (Å²) < 4.78 is 3.79. The van der Waals surface area contributed by atoms with E-state index in [2.05, 4.69) is 9.59 Å². The number of rotatable bonds is 3. The Morgan fingerprint density at radius 2 is 2.38 bits per heavy atom. The van der Waals surface area contributed by atoms with E-state index < -0.39 is 11.4 Å². The van der Waals surface area contributed by atoms with Crippen LogP contribution in [0, 0.1) is 12.3 Å². The molecule has 1 heterocycles. The summed E-state index contributed by atoms with van der Waals surface area (Å²) in [4.78, 5) is 11.9. The van der Waals surface area contributed by atoms with Crippen molar-refractivity contribution >= 4 is 17.5 Å². The molecule has 0 amide bonds. The molecule has 0 saturated heterocycles. The van der Waals surface area contributed by atoms with E-state index in [0.29, 0.717) is 6.42 Å². The molecule has 0 radical (unpaired) electrons. The summed E-state index contributed by atoms with van der Waals surface area (Å²) in [5.74, 6) is -0.680. The van der Waals surface area contributed by atoms with Gasteiger partial charge in [-0.3, -0.25) is 4.79 Å². The van der Waals surface area contributed by atoms with Gasteiger partial charge in [0.15, 0.2) is 0 Å². The van der Waals surface area contributed by atoms with Crippen molar-refractivity contribution in [2.75, 3.05) is 0 Å². The molecule has 0 bridgehead atoms. The smallest absolute Gasteiger partial charge is 0.310 e. The number of carboxylic acid groups (broad SMARTS) is 1. The largest absolute Gasteiger partial charge is 0.481 e. The van der Waals surface area contributed by atoms with Crippen LogP contribution in [0.25, 0.3) is 0 Å². The number of carbonyl (C=O) groups is 1. The van der Waals surface area contributed by atoms with Gasteiger partial charge in [0, 0.05) is 11.3 Å². The van der Waals surface area contributed by atoms with Gasteiger partial charge in [-0.15, -0.1) is 5.10 Å². The summed E-state index contributed by atoms with van der Waals surface area (Å²) >= 11 is 1.31. The topological polar surface area (TPSA) is 63.1 Å². The lowest BCUT2D eigenvalue weighted by molar-refractivity contribution is -0.143. The van der Waals surface area contributed by atoms with Crippen molar-refractivity contribution < 1.29 is 9.90 Å². The van der Waals surface area contributed by atoms with Crippen LogP contribution in [-0.2, 0) is 11.2 Å². The molecule has 1 aromatic rings. The highest BCUT2D eigenvalue weighted by Crippen LogP contribution is 2.49. The van der Waals surface area contributed by atoms with Gasteiger partial charge in [0.05, 0.1) is 11.1 Å². The van der Waals surface area contributed by atoms with Crippen molar-refractivity contribution in [2.24, 2.45) is 5.41 Å². The molecule has 5 heteroatoms. The van der Waals surface area contributed by atoms with Gasteiger partial charge in [0.1, 0.15) is 0 Å². The van der Waals surface area contributed by atoms with Crippen molar-refractivity contribution in [1.29, 1.82) is 0 Å². The highest BCUT2D eigenvalue weighted by Gasteiger charge is 2.50. The number of nitrogens with zero attached hydrogens (tertiary/aromatic N) is 2. The lowest BCUT2D eigenvalue weighted by atomic mass is 10.0. The van der Waals surface area contributed by atoms with Gasteiger partial charge in [-0.1, -0.05) is 4.49 Å². The molecular formula is C8H10N2O2S. The molecule has 4 nitrogen and oxygen atoms in total. The molecule has 70 valence electrons. The summed E-state index contributed by atoms with van der Waals surface area (Å²) in [6.45, 7) is 1.87. The molecule has 0 unspecified atom stereocenters. The molecule has 1 saturated carbocycles. The second kappa shape index (κ2) is 2.77. The Balaban J connectivity index is 2.15. The monoisotopic (exact) mass is 198 g/mol. The minimum atomic E-state index is -0.680. The first-order valence-corrected chi connectivity index (χ1v) is 4.93. The zero-order valence-corrected chi connectivity index (χ0v) is 8.10. The van der Waals surface area contributed by atoms with Crippen LogP contribution in [0.1, 0.15) is 23.4 Å². The van der Waals surface area contributed by atoms with E-state index in [9.17, 15) is 4.79 Å². The Morgan fingerprint density at radius 1 is 1.69 bits per heavy atom. The van der Waals surface area contributed by atoms with Crippen molar-refractivity contribution in [3.8, 4) is 0 Å². The average molecular weight is 198 g/mol. The highest BCUT2D eigenvalue weighted by atomic mass is 32.1. The molecule has 1 N–H and O–H groups in total. The summed E-state index contributed by atoms with van der Waals surface area (Å²) in [6, 6.07) is 0. The van der Waals surface area contributed by atoms with Crippen molar-refractivity contribution in [3.63, 3.8) is 0 Å². The number of hydrogen-bond acceptors (Lipinski definition) is 4. The molecule has 13 heavy (non-hydrogen) atoms. The Hall–Kier alpha value is -0.970. The molecule has 1 fully saturated rings. The predicted molar refractivity (Wildman–Crippen MR) is 47.7 cm³/mol. The fourth-order valence-corrected chi connectivity index (χ4v) is 2.11. The van der Waals surface area contributed by atoms with Crippen LogP contribution in [0.5, 0.6) is 0 Å². The predicted octanol–water partition coefficient (Wildman–Crippen LogP) is 1.25. The average Bonchev–Trinajstić information content (AvgIpc) is 2.74. The normalized spacial score (nSPS) is 18.5. The second-order valence-corrected chi connectivity index (χ2v) is 4.38. The third-order valence-corrected chi connectivity index (χ3v) is 3.37. The SMILES string of the molecule is Cc1nnsc1CC1(C(=O)O)CC1. The molecule has 0 aliphatic heterocycles. The van der Waals surface area contributed by atoms with Crippen molar-refractivity contribution in [3.05, 3.63) is 10.6 Å². The fraction of sp³-hybridized carbons (Fsp3) is 0.625. The maximum atomic E-state index is 10.9. The first-order valence-electron chi connectivity index (χ1n) is 4.15. The van der Waals surface area contributed by atoms with Gasteiger partial charge in [-0.2, -0.15) is 0 Å². The quantitative estimate of drug-likeness (QED) is 0.794. The number of aromatic nitrogens is 2. The van der Waals surface area contributed by atoms with E-state index in [1.807, 2.05) is 6.92 Å². The highest BCUT2D eigenvalue weighted by molar-refractivity contribution is 7.05. The molecule has 0 atom stereocenters. The van der Waals surface area contributed by atoms with Crippen molar-refractivity contribution in [1.82, 2.24) is 9.59 Å². The van der Waals surface area contributed by atoms with Crippen LogP contribution in [0.2, 0.25) is 0 Å². The number of carboxylic acids is 1. The van der Waals surface area contributed by atoms with Crippen LogP contribution in [0.15, 0.2) is 0 Å². The van der Waals surface area contributed by atoms with Crippen LogP contribution >= 0.6 is 11.5 Å². The van der Waals surface area contributed by atoms with Gasteiger partial charge in [-0.25, -0.2) is 0 Å². The molecule has 1 aliphatic carbocycles. The molecule has 1 aliphatic rings. The van der Waals surface area contributed by atoms with Gasteiger partial charge in [0.25, 0.3) is 0 Å². The Morgan fingerprint density at radius 3 is 2.77 bits per heavy atom. The third kappa shape index (κ3) is 1.44. The van der Waals surface area contributed by atoms with E-state index in [1.165, 1.54) is 11.5 Å². The second-order valence-electron chi connectivity index (χ2n) is 3.54. The minimum absolute atomic E-state index is 0.487. The van der Waals surface area contributed by atoms with Gasteiger partial charge in [-0.05, 0) is 31.3 Å². The first-order chi connectivity index (χ1) is 6.14. The van der Waals surface area contributed by atoms with Gasteiger partial charge < -0.3 is 5.11 Å². The zero-order chi connectivity index (χ0) is 9.47. The summed E-state index contributed by atoms with van der Waals surface area (Å²) in [7, 11) is 0. The third-order valence-electron chi connectivity index (χ3n) is 2.55. The van der Waals surface area contributed by atoms with Gasteiger partial charge in [0.2, 0.25) is 0 Å². The Bertz CT molecular complexity index is 344. The van der Waals surface area contributed by atoms with E-state index in [4.69, 9.17) is 5.11 Å². The Labute approximate surface area is 79.8 Å². The van der Waals surface area contributed by atoms with E-state index >= 15 is 0 Å². The fourth-order valence-electron chi connectivity index (χ4n) is 1.34. The Kier molecular flexibility index (Phi) is 1.83. The maximum Gasteiger partial charge on any atom is 0.310 e. The molecule has 0 aromatic carbocycles. The molecule has 2 rings (SSSR count). The maximum absolute atomic E-state index is 10.9. The summed E-state index contributed by atoms with van der Waals surface area (Å²) in [5.41, 5.74) is 0.386. The van der Waals surface area contributed by atoms with Crippen LogP contribution in [-0.4, -0.2) is 20.7 Å². The lowest BCUT2D eigenvalue weighted by Crippen LogP contribution is -2.17. The zero-order valence-electron chi connectivity index (χ0n) is 7.28. The minimum Gasteiger partial charge on any atom is -0.481 e. The standard InChI is InChI=1S/C8H10N2O2S/c1-5-6(13-10-9-5)4-8(2-3-8)7(11)12/h2-4H2,1H3,(H,11,12). The molecule has 0 spiro atoms. The molecular weight excluding hydrogens is 188 g/mol. The van der Waals surface area contributed by atoms with Crippen LogP contribution in [0.4, 0.5) is 0 Å². The van der Waals surface area contributed by atoms with Gasteiger partial charge >= 0.3 is 5.97 Å². The molecule has 1 aromatic heterocycles. The summed E-state index contributed by atoms with van der Waals surface area (Å²) in [5, 5.41) is 12.8. The van der Waals surface area contributed by atoms with Crippen LogP contribution < -0.4 is 0 Å². The van der Waals surface area contributed by atoms with Crippen LogP contribution in [0.3, 0.4) is 0 Å². The van der Waals surface area contributed by atoms with E-state index in [0.717, 1.165) is 23.4 Å².